The predicted molar refractivity (Wildman–Crippen MR) is 58.2 cm³/mol. The Balaban J connectivity index is 2.37. The maximum atomic E-state index is 11.3. The standard InChI is InChI=1S/C11H22N2O/c1-3-9(4-2)13-10-6-5-7-12-11(14)8-10/h9-10,13H,3-8H2,1-2H3,(H,12,14). The van der Waals surface area contributed by atoms with Gasteiger partial charge in [-0.2, -0.15) is 0 Å². The highest BCUT2D eigenvalue weighted by Crippen LogP contribution is 2.09. The van der Waals surface area contributed by atoms with E-state index < -0.39 is 0 Å². The molecule has 0 aliphatic carbocycles. The summed E-state index contributed by atoms with van der Waals surface area (Å²) in [6, 6.07) is 0.966. The summed E-state index contributed by atoms with van der Waals surface area (Å²) < 4.78 is 0. The Hall–Kier alpha value is -0.570. The minimum atomic E-state index is 0.200. The molecular weight excluding hydrogens is 176 g/mol. The highest BCUT2D eigenvalue weighted by Gasteiger charge is 2.18. The van der Waals surface area contributed by atoms with Crippen LogP contribution in [-0.2, 0) is 4.79 Å². The van der Waals surface area contributed by atoms with E-state index in [2.05, 4.69) is 24.5 Å². The molecule has 1 aliphatic rings. The van der Waals surface area contributed by atoms with Crippen molar-refractivity contribution in [3.63, 3.8) is 0 Å². The molecule has 1 unspecified atom stereocenters. The summed E-state index contributed by atoms with van der Waals surface area (Å²) in [4.78, 5) is 11.3. The molecule has 0 saturated carbocycles. The Morgan fingerprint density at radius 2 is 2.21 bits per heavy atom. The molecule has 1 fully saturated rings. The molecule has 3 heteroatoms. The quantitative estimate of drug-likeness (QED) is 0.717. The molecule has 1 aliphatic heterocycles. The van der Waals surface area contributed by atoms with E-state index in [1.807, 2.05) is 0 Å². The molecule has 3 nitrogen and oxygen atoms in total. The van der Waals surface area contributed by atoms with Gasteiger partial charge in [-0.25, -0.2) is 0 Å². The number of hydrogen-bond acceptors (Lipinski definition) is 2. The zero-order valence-electron chi connectivity index (χ0n) is 9.31. The van der Waals surface area contributed by atoms with Gasteiger partial charge in [-0.05, 0) is 25.7 Å². The van der Waals surface area contributed by atoms with Gasteiger partial charge in [0, 0.05) is 25.0 Å². The summed E-state index contributed by atoms with van der Waals surface area (Å²) in [5.74, 6) is 0.200. The summed E-state index contributed by atoms with van der Waals surface area (Å²) in [6.07, 6.45) is 5.17. The van der Waals surface area contributed by atoms with Crippen molar-refractivity contribution in [2.24, 2.45) is 0 Å². The third-order valence-electron chi connectivity index (χ3n) is 2.94. The average molecular weight is 198 g/mol. The van der Waals surface area contributed by atoms with Gasteiger partial charge in [0.2, 0.25) is 5.91 Å². The van der Waals surface area contributed by atoms with Crippen LogP contribution in [0.15, 0.2) is 0 Å². The van der Waals surface area contributed by atoms with Crippen molar-refractivity contribution in [1.82, 2.24) is 10.6 Å². The molecular formula is C11H22N2O. The highest BCUT2D eigenvalue weighted by atomic mass is 16.1. The molecule has 0 radical (unpaired) electrons. The van der Waals surface area contributed by atoms with E-state index >= 15 is 0 Å². The number of nitrogens with one attached hydrogen (secondary N) is 2. The number of rotatable bonds is 4. The fraction of sp³-hybridized carbons (Fsp3) is 0.909. The van der Waals surface area contributed by atoms with Crippen LogP contribution in [0, 0.1) is 0 Å². The zero-order valence-corrected chi connectivity index (χ0v) is 9.31. The predicted octanol–water partition coefficient (Wildman–Crippen LogP) is 1.43. The summed E-state index contributed by atoms with van der Waals surface area (Å²) in [5.41, 5.74) is 0. The van der Waals surface area contributed by atoms with Gasteiger partial charge >= 0.3 is 0 Å². The molecule has 0 bridgehead atoms. The van der Waals surface area contributed by atoms with Crippen LogP contribution < -0.4 is 10.6 Å². The Morgan fingerprint density at radius 1 is 1.50 bits per heavy atom. The van der Waals surface area contributed by atoms with Crippen LogP contribution in [0.2, 0.25) is 0 Å². The molecule has 1 atom stereocenters. The highest BCUT2D eigenvalue weighted by molar-refractivity contribution is 5.76. The van der Waals surface area contributed by atoms with Crippen molar-refractivity contribution >= 4 is 5.91 Å². The Morgan fingerprint density at radius 3 is 2.86 bits per heavy atom. The molecule has 1 heterocycles. The number of carbonyl (C=O) groups excluding carboxylic acids is 1. The lowest BCUT2D eigenvalue weighted by molar-refractivity contribution is -0.121. The molecule has 82 valence electrons. The Kier molecular flexibility index (Phi) is 4.94. The smallest absolute Gasteiger partial charge is 0.221 e. The van der Waals surface area contributed by atoms with Gasteiger partial charge in [0.25, 0.3) is 0 Å². The first-order valence-corrected chi connectivity index (χ1v) is 5.79. The first-order chi connectivity index (χ1) is 6.76. The Bertz CT molecular complexity index is 178. The summed E-state index contributed by atoms with van der Waals surface area (Å²) >= 11 is 0. The SMILES string of the molecule is CCC(CC)NC1CCCNC(=O)C1. The van der Waals surface area contributed by atoms with Crippen molar-refractivity contribution in [1.29, 1.82) is 0 Å². The average Bonchev–Trinajstić information content (AvgIpc) is 2.39. The van der Waals surface area contributed by atoms with Gasteiger partial charge in [-0.3, -0.25) is 4.79 Å². The van der Waals surface area contributed by atoms with E-state index in [9.17, 15) is 4.79 Å². The van der Waals surface area contributed by atoms with Gasteiger partial charge in [-0.15, -0.1) is 0 Å². The molecule has 2 N–H and O–H groups in total. The van der Waals surface area contributed by atoms with Gasteiger partial charge < -0.3 is 10.6 Å². The molecule has 0 aromatic rings. The van der Waals surface area contributed by atoms with Crippen molar-refractivity contribution in [2.75, 3.05) is 6.54 Å². The van der Waals surface area contributed by atoms with Gasteiger partial charge in [-0.1, -0.05) is 13.8 Å². The van der Waals surface area contributed by atoms with Crippen molar-refractivity contribution < 1.29 is 4.79 Å². The monoisotopic (exact) mass is 198 g/mol. The molecule has 0 spiro atoms. The molecule has 0 aromatic heterocycles. The summed E-state index contributed by atoms with van der Waals surface area (Å²) in [7, 11) is 0. The lowest BCUT2D eigenvalue weighted by atomic mass is 10.1. The van der Waals surface area contributed by atoms with E-state index in [0.29, 0.717) is 18.5 Å². The fourth-order valence-corrected chi connectivity index (χ4v) is 1.97. The van der Waals surface area contributed by atoms with E-state index in [1.165, 1.54) is 0 Å². The van der Waals surface area contributed by atoms with Crippen LogP contribution >= 0.6 is 0 Å². The zero-order chi connectivity index (χ0) is 10.4. The van der Waals surface area contributed by atoms with E-state index in [1.54, 1.807) is 0 Å². The molecule has 1 saturated heterocycles. The third kappa shape index (κ3) is 3.66. The number of amides is 1. The third-order valence-corrected chi connectivity index (χ3v) is 2.94. The molecule has 1 rings (SSSR count). The second kappa shape index (κ2) is 6.02. The van der Waals surface area contributed by atoms with Crippen molar-refractivity contribution in [2.45, 2.75) is 58.0 Å². The number of hydrogen-bond donors (Lipinski definition) is 2. The van der Waals surface area contributed by atoms with Crippen LogP contribution in [0.25, 0.3) is 0 Å². The molecule has 14 heavy (non-hydrogen) atoms. The largest absolute Gasteiger partial charge is 0.356 e. The van der Waals surface area contributed by atoms with Crippen LogP contribution in [0.1, 0.15) is 46.0 Å². The second-order valence-corrected chi connectivity index (χ2v) is 4.07. The lowest BCUT2D eigenvalue weighted by Crippen LogP contribution is -2.39. The van der Waals surface area contributed by atoms with Crippen molar-refractivity contribution in [3.8, 4) is 0 Å². The lowest BCUT2D eigenvalue weighted by Gasteiger charge is -2.22. The summed E-state index contributed by atoms with van der Waals surface area (Å²) in [5, 5.41) is 6.47. The van der Waals surface area contributed by atoms with E-state index in [0.717, 1.165) is 32.2 Å². The molecule has 0 aromatic carbocycles. The minimum Gasteiger partial charge on any atom is -0.356 e. The maximum Gasteiger partial charge on any atom is 0.221 e. The fourth-order valence-electron chi connectivity index (χ4n) is 1.97. The Labute approximate surface area is 86.6 Å². The second-order valence-electron chi connectivity index (χ2n) is 4.07. The van der Waals surface area contributed by atoms with E-state index in [-0.39, 0.29) is 5.91 Å². The van der Waals surface area contributed by atoms with Gasteiger partial charge in [0.1, 0.15) is 0 Å². The maximum absolute atomic E-state index is 11.3. The van der Waals surface area contributed by atoms with Crippen LogP contribution in [0.5, 0.6) is 0 Å². The van der Waals surface area contributed by atoms with Crippen LogP contribution in [0.4, 0.5) is 0 Å². The van der Waals surface area contributed by atoms with E-state index in [4.69, 9.17) is 0 Å². The topological polar surface area (TPSA) is 41.1 Å². The normalized spacial score (nSPS) is 23.4. The number of carbonyl (C=O) groups is 1. The summed E-state index contributed by atoms with van der Waals surface area (Å²) in [6.45, 7) is 5.23. The first kappa shape index (κ1) is 11.5. The van der Waals surface area contributed by atoms with Crippen molar-refractivity contribution in [3.05, 3.63) is 0 Å². The van der Waals surface area contributed by atoms with Gasteiger partial charge in [0.15, 0.2) is 0 Å². The minimum absolute atomic E-state index is 0.200. The first-order valence-electron chi connectivity index (χ1n) is 5.79. The molecule has 1 amide bonds. The van der Waals surface area contributed by atoms with Gasteiger partial charge in [0.05, 0.1) is 0 Å². The van der Waals surface area contributed by atoms with Crippen LogP contribution in [-0.4, -0.2) is 24.5 Å². The van der Waals surface area contributed by atoms with Crippen LogP contribution in [0.3, 0.4) is 0 Å².